The number of aryl methyl sites for hydroxylation is 1. The molecule has 1 aromatic carbocycles. The van der Waals surface area contributed by atoms with E-state index in [0.717, 1.165) is 25.2 Å². The number of nitro groups is 1. The van der Waals surface area contributed by atoms with Crippen LogP contribution in [0.3, 0.4) is 0 Å². The van der Waals surface area contributed by atoms with Crippen LogP contribution in [0.2, 0.25) is 0 Å². The number of hydrogen-bond donors (Lipinski definition) is 1. The van der Waals surface area contributed by atoms with Crippen molar-refractivity contribution < 1.29 is 4.92 Å². The van der Waals surface area contributed by atoms with E-state index in [-0.39, 0.29) is 10.6 Å². The summed E-state index contributed by atoms with van der Waals surface area (Å²) in [6, 6.07) is 5.37. The number of fused-ring (bicyclic) bond motifs is 1. The summed E-state index contributed by atoms with van der Waals surface area (Å²) in [5.41, 5.74) is 5.33. The van der Waals surface area contributed by atoms with Gasteiger partial charge in [-0.05, 0) is 25.8 Å². The second-order valence-corrected chi connectivity index (χ2v) is 6.15. The lowest BCUT2D eigenvalue weighted by Gasteiger charge is -2.15. The topological polar surface area (TPSA) is 73.0 Å². The molecule has 1 fully saturated rings. The highest BCUT2D eigenvalue weighted by molar-refractivity contribution is 5.50. The van der Waals surface area contributed by atoms with Crippen molar-refractivity contribution >= 4 is 5.69 Å². The van der Waals surface area contributed by atoms with Crippen molar-refractivity contribution in [2.75, 3.05) is 6.54 Å². The van der Waals surface area contributed by atoms with Gasteiger partial charge in [-0.3, -0.25) is 10.1 Å². The van der Waals surface area contributed by atoms with Crippen LogP contribution in [-0.4, -0.2) is 21.2 Å². The maximum Gasteiger partial charge on any atom is 0.274 e. The molecule has 6 heteroatoms. The van der Waals surface area contributed by atoms with E-state index in [9.17, 15) is 10.1 Å². The smallest absolute Gasteiger partial charge is 0.274 e. The normalized spacial score (nSPS) is 17.3. The minimum absolute atomic E-state index is 0.156. The number of aromatic nitrogens is 2. The molecule has 2 aromatic rings. The molecule has 6 nitrogen and oxygen atoms in total. The molecule has 1 aliphatic heterocycles. The fourth-order valence-corrected chi connectivity index (χ4v) is 3.20. The molecule has 1 N–H and O–H groups in total. The van der Waals surface area contributed by atoms with Gasteiger partial charge < -0.3 is 5.32 Å². The van der Waals surface area contributed by atoms with Gasteiger partial charge in [-0.15, -0.1) is 0 Å². The predicted octanol–water partition coefficient (Wildman–Crippen LogP) is 2.61. The van der Waals surface area contributed by atoms with Crippen molar-refractivity contribution in [3.05, 3.63) is 50.8 Å². The van der Waals surface area contributed by atoms with E-state index < -0.39 is 0 Å². The lowest BCUT2D eigenvalue weighted by Crippen LogP contribution is -2.25. The number of nitrogens with zero attached hydrogens (tertiary/aromatic N) is 3. The molecular weight excluding hydrogens is 280 g/mol. The first-order valence-corrected chi connectivity index (χ1v) is 7.72. The van der Waals surface area contributed by atoms with Gasteiger partial charge in [0.2, 0.25) is 0 Å². The Labute approximate surface area is 128 Å². The summed E-state index contributed by atoms with van der Waals surface area (Å²) in [5, 5.41) is 19.4. The fourth-order valence-electron chi connectivity index (χ4n) is 3.20. The molecule has 0 unspecified atom stereocenters. The molecule has 2 aliphatic rings. The molecule has 0 radical (unpaired) electrons. The third kappa shape index (κ3) is 2.11. The highest BCUT2D eigenvalue weighted by Gasteiger charge is 2.32. The lowest BCUT2D eigenvalue weighted by atomic mass is 10.0. The summed E-state index contributed by atoms with van der Waals surface area (Å²) in [5.74, 6) is 0.579. The monoisotopic (exact) mass is 298 g/mol. The molecule has 4 rings (SSSR count). The lowest BCUT2D eigenvalue weighted by molar-refractivity contribution is -0.385. The van der Waals surface area contributed by atoms with Crippen LogP contribution >= 0.6 is 0 Å². The number of benzene rings is 1. The Hall–Kier alpha value is -2.21. The van der Waals surface area contributed by atoms with Crippen LogP contribution < -0.4 is 5.32 Å². The van der Waals surface area contributed by atoms with E-state index in [0.29, 0.717) is 11.5 Å². The van der Waals surface area contributed by atoms with E-state index >= 15 is 0 Å². The SMILES string of the molecule is Cc1ccc(-n2nc(C3CC3)c3c2CCNC3)cc1[N+](=O)[O-]. The minimum Gasteiger partial charge on any atom is -0.312 e. The van der Waals surface area contributed by atoms with Crippen LogP contribution in [0.1, 0.15) is 41.3 Å². The largest absolute Gasteiger partial charge is 0.312 e. The number of rotatable bonds is 3. The highest BCUT2D eigenvalue weighted by atomic mass is 16.6. The van der Waals surface area contributed by atoms with Gasteiger partial charge in [-0.25, -0.2) is 4.68 Å². The first-order valence-electron chi connectivity index (χ1n) is 7.72. The molecule has 0 spiro atoms. The van der Waals surface area contributed by atoms with E-state index in [2.05, 4.69) is 5.32 Å². The zero-order valence-corrected chi connectivity index (χ0v) is 12.5. The second kappa shape index (κ2) is 4.91. The van der Waals surface area contributed by atoms with Crippen LogP contribution in [0.5, 0.6) is 0 Å². The average Bonchev–Trinajstić information content (AvgIpc) is 3.29. The molecule has 0 saturated heterocycles. The van der Waals surface area contributed by atoms with Crippen LogP contribution in [0, 0.1) is 17.0 Å². The minimum atomic E-state index is -0.321. The van der Waals surface area contributed by atoms with Crippen molar-refractivity contribution in [2.24, 2.45) is 0 Å². The summed E-state index contributed by atoms with van der Waals surface area (Å²) < 4.78 is 1.93. The third-order valence-corrected chi connectivity index (χ3v) is 4.56. The second-order valence-electron chi connectivity index (χ2n) is 6.15. The van der Waals surface area contributed by atoms with Crippen LogP contribution in [0.4, 0.5) is 5.69 Å². The molecule has 0 amide bonds. The Kier molecular flexibility index (Phi) is 3.00. The number of hydrogen-bond acceptors (Lipinski definition) is 4. The standard InChI is InChI=1S/C16H18N4O2/c1-10-2-5-12(8-15(10)20(21)22)19-14-6-7-17-9-13(14)16(18-19)11-3-4-11/h2,5,8,11,17H,3-4,6-7,9H2,1H3. The van der Waals surface area contributed by atoms with E-state index in [1.165, 1.54) is 29.8 Å². The molecule has 22 heavy (non-hydrogen) atoms. The van der Waals surface area contributed by atoms with Crippen molar-refractivity contribution in [1.29, 1.82) is 0 Å². The van der Waals surface area contributed by atoms with Gasteiger partial charge in [0.1, 0.15) is 0 Å². The molecule has 0 bridgehead atoms. The molecule has 1 aromatic heterocycles. The maximum atomic E-state index is 11.2. The van der Waals surface area contributed by atoms with Gasteiger partial charge >= 0.3 is 0 Å². The summed E-state index contributed by atoms with van der Waals surface area (Å²) in [6.45, 7) is 3.55. The first-order chi connectivity index (χ1) is 10.6. The van der Waals surface area contributed by atoms with E-state index in [1.54, 1.807) is 19.1 Å². The fraction of sp³-hybridized carbons (Fsp3) is 0.438. The van der Waals surface area contributed by atoms with E-state index in [1.807, 2.05) is 10.7 Å². The molecule has 1 aliphatic carbocycles. The van der Waals surface area contributed by atoms with Gasteiger partial charge in [0.25, 0.3) is 5.69 Å². The van der Waals surface area contributed by atoms with Gasteiger partial charge in [-0.2, -0.15) is 5.10 Å². The summed E-state index contributed by atoms with van der Waals surface area (Å²) >= 11 is 0. The van der Waals surface area contributed by atoms with Crippen molar-refractivity contribution in [2.45, 2.75) is 38.6 Å². The van der Waals surface area contributed by atoms with Crippen molar-refractivity contribution in [3.63, 3.8) is 0 Å². The summed E-state index contributed by atoms with van der Waals surface area (Å²) in [6.07, 6.45) is 3.33. The molecular formula is C16H18N4O2. The molecule has 2 heterocycles. The Morgan fingerprint density at radius 3 is 2.95 bits per heavy atom. The third-order valence-electron chi connectivity index (χ3n) is 4.56. The molecule has 1 saturated carbocycles. The zero-order valence-electron chi connectivity index (χ0n) is 12.5. The Bertz CT molecular complexity index is 762. The highest BCUT2D eigenvalue weighted by Crippen LogP contribution is 2.42. The van der Waals surface area contributed by atoms with Crippen LogP contribution in [0.25, 0.3) is 5.69 Å². The van der Waals surface area contributed by atoms with Crippen molar-refractivity contribution in [3.8, 4) is 5.69 Å². The van der Waals surface area contributed by atoms with Gasteiger partial charge in [-0.1, -0.05) is 6.07 Å². The Morgan fingerprint density at radius 2 is 2.23 bits per heavy atom. The molecule has 114 valence electrons. The number of nitrogens with one attached hydrogen (secondary N) is 1. The zero-order chi connectivity index (χ0) is 15.3. The van der Waals surface area contributed by atoms with Crippen LogP contribution in [0.15, 0.2) is 18.2 Å². The quantitative estimate of drug-likeness (QED) is 0.698. The first kappa shape index (κ1) is 13.5. The Balaban J connectivity index is 1.86. The predicted molar refractivity (Wildman–Crippen MR) is 82.3 cm³/mol. The van der Waals surface area contributed by atoms with Gasteiger partial charge in [0, 0.05) is 42.6 Å². The Morgan fingerprint density at radius 1 is 1.41 bits per heavy atom. The van der Waals surface area contributed by atoms with Crippen molar-refractivity contribution in [1.82, 2.24) is 15.1 Å². The van der Waals surface area contributed by atoms with E-state index in [4.69, 9.17) is 5.10 Å². The maximum absolute atomic E-state index is 11.2. The average molecular weight is 298 g/mol. The van der Waals surface area contributed by atoms with Crippen LogP contribution in [-0.2, 0) is 13.0 Å². The van der Waals surface area contributed by atoms with Gasteiger partial charge in [0.05, 0.1) is 22.0 Å². The number of nitro benzene ring substituents is 1. The van der Waals surface area contributed by atoms with Gasteiger partial charge in [0.15, 0.2) is 0 Å². The molecule has 0 atom stereocenters. The summed E-state index contributed by atoms with van der Waals surface area (Å²) in [4.78, 5) is 10.9. The summed E-state index contributed by atoms with van der Waals surface area (Å²) in [7, 11) is 0.